The molecule has 19 heavy (non-hydrogen) atoms. The lowest BCUT2D eigenvalue weighted by Crippen LogP contribution is -2.14. The number of benzene rings is 2. The summed E-state index contributed by atoms with van der Waals surface area (Å²) >= 11 is 11.8. The minimum Gasteiger partial charge on any atom is -0.397 e. The zero-order chi connectivity index (χ0) is 14.0. The normalized spacial score (nSPS) is 10.3. The van der Waals surface area contributed by atoms with Crippen molar-refractivity contribution in [2.75, 3.05) is 11.1 Å². The third kappa shape index (κ3) is 3.00. The van der Waals surface area contributed by atoms with Crippen molar-refractivity contribution in [2.24, 2.45) is 0 Å². The first-order chi connectivity index (χ1) is 8.99. The van der Waals surface area contributed by atoms with E-state index in [1.165, 1.54) is 0 Å². The number of amides is 1. The SMILES string of the molecule is Cc1c(Cl)cccc1C(=O)Nc1ccc(Cl)cc1N. The molecule has 0 saturated carbocycles. The zero-order valence-corrected chi connectivity index (χ0v) is 11.7. The lowest BCUT2D eigenvalue weighted by molar-refractivity contribution is 0.102. The largest absolute Gasteiger partial charge is 0.397 e. The molecule has 2 rings (SSSR count). The molecule has 0 aliphatic carbocycles. The summed E-state index contributed by atoms with van der Waals surface area (Å²) in [5.41, 5.74) is 7.98. The Labute approximate surface area is 121 Å². The van der Waals surface area contributed by atoms with Crippen LogP contribution in [-0.2, 0) is 0 Å². The number of nitrogens with one attached hydrogen (secondary N) is 1. The Morgan fingerprint density at radius 1 is 1.21 bits per heavy atom. The lowest BCUT2D eigenvalue weighted by Gasteiger charge is -2.10. The van der Waals surface area contributed by atoms with E-state index in [9.17, 15) is 4.79 Å². The molecular weight excluding hydrogens is 283 g/mol. The van der Waals surface area contributed by atoms with Crippen molar-refractivity contribution < 1.29 is 4.79 Å². The monoisotopic (exact) mass is 294 g/mol. The first kappa shape index (κ1) is 13.7. The number of halogens is 2. The molecule has 0 heterocycles. The van der Waals surface area contributed by atoms with Crippen molar-refractivity contribution in [3.63, 3.8) is 0 Å². The van der Waals surface area contributed by atoms with Crippen LogP contribution in [0.15, 0.2) is 36.4 Å². The van der Waals surface area contributed by atoms with Crippen LogP contribution in [0.4, 0.5) is 11.4 Å². The maximum Gasteiger partial charge on any atom is 0.256 e. The van der Waals surface area contributed by atoms with Gasteiger partial charge in [-0.3, -0.25) is 4.79 Å². The molecule has 0 aliphatic heterocycles. The average molecular weight is 295 g/mol. The van der Waals surface area contributed by atoms with Crippen LogP contribution in [0.3, 0.4) is 0 Å². The van der Waals surface area contributed by atoms with Gasteiger partial charge in [0.05, 0.1) is 11.4 Å². The molecule has 0 unspecified atom stereocenters. The fourth-order valence-electron chi connectivity index (χ4n) is 1.69. The van der Waals surface area contributed by atoms with Crippen molar-refractivity contribution in [2.45, 2.75) is 6.92 Å². The molecule has 2 aromatic rings. The molecule has 0 bridgehead atoms. The van der Waals surface area contributed by atoms with Gasteiger partial charge in [-0.15, -0.1) is 0 Å². The van der Waals surface area contributed by atoms with Gasteiger partial charge in [0.2, 0.25) is 0 Å². The number of nitrogens with two attached hydrogens (primary N) is 1. The van der Waals surface area contributed by atoms with Crippen molar-refractivity contribution in [3.05, 3.63) is 57.6 Å². The third-order valence-corrected chi connectivity index (χ3v) is 3.42. The third-order valence-electron chi connectivity index (χ3n) is 2.77. The summed E-state index contributed by atoms with van der Waals surface area (Å²) < 4.78 is 0. The van der Waals surface area contributed by atoms with Gasteiger partial charge in [0.1, 0.15) is 0 Å². The summed E-state index contributed by atoms with van der Waals surface area (Å²) in [5.74, 6) is -0.256. The lowest BCUT2D eigenvalue weighted by atomic mass is 10.1. The van der Waals surface area contributed by atoms with Crippen LogP contribution >= 0.6 is 23.2 Å². The minimum atomic E-state index is -0.256. The summed E-state index contributed by atoms with van der Waals surface area (Å²) in [6.07, 6.45) is 0. The van der Waals surface area contributed by atoms with E-state index in [0.717, 1.165) is 5.56 Å². The Morgan fingerprint density at radius 3 is 2.63 bits per heavy atom. The number of carbonyl (C=O) groups is 1. The smallest absolute Gasteiger partial charge is 0.256 e. The summed E-state index contributed by atoms with van der Waals surface area (Å²) in [6.45, 7) is 1.79. The standard InChI is InChI=1S/C14H12Cl2N2O/c1-8-10(3-2-4-11(8)16)14(19)18-13-6-5-9(15)7-12(13)17/h2-7H,17H2,1H3,(H,18,19). The van der Waals surface area contributed by atoms with Crippen LogP contribution < -0.4 is 11.1 Å². The number of rotatable bonds is 2. The van der Waals surface area contributed by atoms with Crippen LogP contribution in [0.5, 0.6) is 0 Å². The van der Waals surface area contributed by atoms with Gasteiger partial charge in [0.25, 0.3) is 5.91 Å². The minimum absolute atomic E-state index is 0.256. The second kappa shape index (κ2) is 5.51. The van der Waals surface area contributed by atoms with Gasteiger partial charge in [-0.25, -0.2) is 0 Å². The quantitative estimate of drug-likeness (QED) is 0.818. The van der Waals surface area contributed by atoms with E-state index >= 15 is 0 Å². The van der Waals surface area contributed by atoms with E-state index < -0.39 is 0 Å². The number of hydrogen-bond acceptors (Lipinski definition) is 2. The Morgan fingerprint density at radius 2 is 1.95 bits per heavy atom. The van der Waals surface area contributed by atoms with E-state index in [0.29, 0.717) is 27.0 Å². The maximum atomic E-state index is 12.2. The van der Waals surface area contributed by atoms with E-state index in [4.69, 9.17) is 28.9 Å². The van der Waals surface area contributed by atoms with Crippen molar-refractivity contribution in [1.29, 1.82) is 0 Å². The zero-order valence-electron chi connectivity index (χ0n) is 10.2. The van der Waals surface area contributed by atoms with Gasteiger partial charge in [0.15, 0.2) is 0 Å². The molecule has 0 spiro atoms. The van der Waals surface area contributed by atoms with E-state index in [2.05, 4.69) is 5.32 Å². The molecule has 2 aromatic carbocycles. The van der Waals surface area contributed by atoms with Crippen LogP contribution in [-0.4, -0.2) is 5.91 Å². The molecule has 3 N–H and O–H groups in total. The summed E-state index contributed by atoms with van der Waals surface area (Å²) in [6, 6.07) is 10.1. The first-order valence-electron chi connectivity index (χ1n) is 5.60. The Bertz CT molecular complexity index is 641. The fraction of sp³-hybridized carbons (Fsp3) is 0.0714. The van der Waals surface area contributed by atoms with E-state index in [1.54, 1.807) is 43.3 Å². The molecule has 0 aliphatic rings. The number of hydrogen-bond donors (Lipinski definition) is 2. The van der Waals surface area contributed by atoms with Crippen molar-refractivity contribution in [3.8, 4) is 0 Å². The molecule has 0 saturated heterocycles. The molecule has 3 nitrogen and oxygen atoms in total. The van der Waals surface area contributed by atoms with Gasteiger partial charge in [0, 0.05) is 15.6 Å². The molecule has 0 atom stereocenters. The highest BCUT2D eigenvalue weighted by Crippen LogP contribution is 2.24. The van der Waals surface area contributed by atoms with Gasteiger partial charge in [-0.2, -0.15) is 0 Å². The number of carbonyl (C=O) groups excluding carboxylic acids is 1. The van der Waals surface area contributed by atoms with Crippen LogP contribution in [0, 0.1) is 6.92 Å². The van der Waals surface area contributed by atoms with Crippen molar-refractivity contribution >= 4 is 40.5 Å². The van der Waals surface area contributed by atoms with Crippen LogP contribution in [0.25, 0.3) is 0 Å². The van der Waals surface area contributed by atoms with E-state index in [1.807, 2.05) is 0 Å². The highest BCUT2D eigenvalue weighted by atomic mass is 35.5. The summed E-state index contributed by atoms with van der Waals surface area (Å²) in [7, 11) is 0. The average Bonchev–Trinajstić information content (AvgIpc) is 2.36. The summed E-state index contributed by atoms with van der Waals surface area (Å²) in [4.78, 5) is 12.2. The highest BCUT2D eigenvalue weighted by molar-refractivity contribution is 6.32. The van der Waals surface area contributed by atoms with Crippen LogP contribution in [0.2, 0.25) is 10.0 Å². The predicted octanol–water partition coefficient (Wildman–Crippen LogP) is 4.14. The van der Waals surface area contributed by atoms with Gasteiger partial charge in [-0.1, -0.05) is 29.3 Å². The highest BCUT2D eigenvalue weighted by Gasteiger charge is 2.12. The molecule has 0 aromatic heterocycles. The fourth-order valence-corrected chi connectivity index (χ4v) is 2.05. The second-order valence-corrected chi connectivity index (χ2v) is 4.94. The Kier molecular flexibility index (Phi) is 3.98. The molecule has 98 valence electrons. The predicted molar refractivity (Wildman–Crippen MR) is 80.0 cm³/mol. The molecule has 5 heteroatoms. The summed E-state index contributed by atoms with van der Waals surface area (Å²) in [5, 5.41) is 3.82. The maximum absolute atomic E-state index is 12.2. The topological polar surface area (TPSA) is 55.1 Å². The van der Waals surface area contributed by atoms with Gasteiger partial charge >= 0.3 is 0 Å². The molecular formula is C14H12Cl2N2O. The second-order valence-electron chi connectivity index (χ2n) is 4.10. The molecule has 0 radical (unpaired) electrons. The Hall–Kier alpha value is -1.71. The number of anilines is 2. The van der Waals surface area contributed by atoms with E-state index in [-0.39, 0.29) is 5.91 Å². The Balaban J connectivity index is 2.28. The first-order valence-corrected chi connectivity index (χ1v) is 6.36. The van der Waals surface area contributed by atoms with Crippen molar-refractivity contribution in [1.82, 2.24) is 0 Å². The molecule has 0 fully saturated rings. The molecule has 1 amide bonds. The van der Waals surface area contributed by atoms with Gasteiger partial charge in [-0.05, 0) is 42.8 Å². The number of nitrogen functional groups attached to an aromatic ring is 1. The van der Waals surface area contributed by atoms with Crippen LogP contribution in [0.1, 0.15) is 15.9 Å². The van der Waals surface area contributed by atoms with Gasteiger partial charge < -0.3 is 11.1 Å².